The van der Waals surface area contributed by atoms with E-state index in [4.69, 9.17) is 0 Å². The molecule has 8 heteroatoms. The highest BCUT2D eigenvalue weighted by Gasteiger charge is 2.41. The normalized spacial score (nSPS) is 22.2. The first-order valence-electron chi connectivity index (χ1n) is 8.38. The summed E-state index contributed by atoms with van der Waals surface area (Å²) in [6.07, 6.45) is 4.02. The Morgan fingerprint density at radius 3 is 2.68 bits per heavy atom. The van der Waals surface area contributed by atoms with Crippen molar-refractivity contribution in [2.24, 2.45) is 0 Å². The van der Waals surface area contributed by atoms with Crippen molar-refractivity contribution in [1.82, 2.24) is 14.9 Å². The van der Waals surface area contributed by atoms with Crippen LogP contribution in [-0.4, -0.2) is 58.5 Å². The molecule has 1 aliphatic heterocycles. The summed E-state index contributed by atoms with van der Waals surface area (Å²) < 4.78 is 23.6. The number of sulfone groups is 1. The van der Waals surface area contributed by atoms with Gasteiger partial charge in [-0.15, -0.1) is 0 Å². The van der Waals surface area contributed by atoms with E-state index in [1.165, 1.54) is 18.1 Å². The van der Waals surface area contributed by atoms with Crippen LogP contribution in [0.1, 0.15) is 19.3 Å². The molecule has 1 aromatic carbocycles. The van der Waals surface area contributed by atoms with E-state index in [9.17, 15) is 13.2 Å². The molecule has 0 spiro atoms. The highest BCUT2D eigenvalue weighted by atomic mass is 32.2. The van der Waals surface area contributed by atoms with E-state index < -0.39 is 9.84 Å². The fraction of sp³-hybridized carbons (Fsp3) is 0.471. The van der Waals surface area contributed by atoms with Crippen LogP contribution in [0.25, 0.3) is 10.9 Å². The molecule has 2 fully saturated rings. The number of nitrogens with zero attached hydrogens (tertiary/aromatic N) is 3. The Labute approximate surface area is 150 Å². The van der Waals surface area contributed by atoms with Crippen LogP contribution in [0, 0.1) is 0 Å². The van der Waals surface area contributed by atoms with Crippen LogP contribution in [0.4, 0.5) is 0 Å². The van der Waals surface area contributed by atoms with Crippen LogP contribution in [0.3, 0.4) is 0 Å². The van der Waals surface area contributed by atoms with Crippen molar-refractivity contribution in [3.8, 4) is 0 Å². The number of carbonyl (C=O) groups is 1. The number of para-hydroxylation sites is 1. The standard InChI is InChI=1S/C17H19N3O3S2/c21-16(20(12-5-6-12)13-7-8-25(22,23)10-13)9-24-17-14-3-1-2-4-15(14)18-11-19-17/h1-4,11-13H,5-10H2/t13-/m1/s1. The summed E-state index contributed by atoms with van der Waals surface area (Å²) in [5.74, 6) is 0.583. The number of benzene rings is 1. The zero-order valence-corrected chi connectivity index (χ0v) is 15.3. The van der Waals surface area contributed by atoms with Crippen LogP contribution in [0.5, 0.6) is 0 Å². The summed E-state index contributed by atoms with van der Waals surface area (Å²) in [5, 5.41) is 1.72. The maximum atomic E-state index is 12.8. The monoisotopic (exact) mass is 377 g/mol. The third-order valence-electron chi connectivity index (χ3n) is 4.67. The molecule has 132 valence electrons. The highest BCUT2D eigenvalue weighted by molar-refractivity contribution is 8.00. The second-order valence-corrected chi connectivity index (χ2v) is 9.77. The van der Waals surface area contributed by atoms with Gasteiger partial charge in [0.2, 0.25) is 5.91 Å². The molecular formula is C17H19N3O3S2. The lowest BCUT2D eigenvalue weighted by atomic mass is 10.2. The summed E-state index contributed by atoms with van der Waals surface area (Å²) in [5.41, 5.74) is 0.855. The van der Waals surface area contributed by atoms with Gasteiger partial charge in [0.05, 0.1) is 22.8 Å². The number of amides is 1. The van der Waals surface area contributed by atoms with Crippen molar-refractivity contribution < 1.29 is 13.2 Å². The lowest BCUT2D eigenvalue weighted by Crippen LogP contribution is -2.43. The van der Waals surface area contributed by atoms with Gasteiger partial charge in [0.25, 0.3) is 0 Å². The maximum Gasteiger partial charge on any atom is 0.233 e. The molecule has 0 radical (unpaired) electrons. The number of carbonyl (C=O) groups excluding carboxylic acids is 1. The Kier molecular flexibility index (Phi) is 4.41. The summed E-state index contributed by atoms with van der Waals surface area (Å²) >= 11 is 1.40. The van der Waals surface area contributed by atoms with Crippen molar-refractivity contribution in [2.75, 3.05) is 17.3 Å². The molecule has 2 aliphatic rings. The average Bonchev–Trinajstić information content (AvgIpc) is 3.36. The minimum absolute atomic E-state index is 0.0114. The van der Waals surface area contributed by atoms with Gasteiger partial charge < -0.3 is 4.90 Å². The van der Waals surface area contributed by atoms with Gasteiger partial charge in [0, 0.05) is 17.5 Å². The SMILES string of the molecule is O=C(CSc1ncnc2ccccc12)N(C1CC1)[C@@H]1CCS(=O)(=O)C1. The van der Waals surface area contributed by atoms with Gasteiger partial charge in [-0.1, -0.05) is 30.0 Å². The van der Waals surface area contributed by atoms with Crippen molar-refractivity contribution in [2.45, 2.75) is 36.4 Å². The van der Waals surface area contributed by atoms with Crippen LogP contribution < -0.4 is 0 Å². The topological polar surface area (TPSA) is 80.2 Å². The number of rotatable bonds is 5. The number of aromatic nitrogens is 2. The first-order valence-corrected chi connectivity index (χ1v) is 11.2. The minimum atomic E-state index is -3.00. The third kappa shape index (κ3) is 3.64. The molecule has 0 N–H and O–H groups in total. The number of hydrogen-bond donors (Lipinski definition) is 0. The molecule has 0 unspecified atom stereocenters. The first-order chi connectivity index (χ1) is 12.0. The van der Waals surface area contributed by atoms with Gasteiger partial charge in [-0.25, -0.2) is 18.4 Å². The van der Waals surface area contributed by atoms with Crippen LogP contribution in [-0.2, 0) is 14.6 Å². The Morgan fingerprint density at radius 2 is 1.96 bits per heavy atom. The molecule has 1 aromatic heterocycles. The molecule has 1 saturated heterocycles. The van der Waals surface area contributed by atoms with Crippen molar-refractivity contribution >= 4 is 38.4 Å². The summed E-state index contributed by atoms with van der Waals surface area (Å²) in [7, 11) is -3.00. The average molecular weight is 377 g/mol. The minimum Gasteiger partial charge on any atom is -0.335 e. The molecule has 1 atom stereocenters. The molecule has 2 heterocycles. The van der Waals surface area contributed by atoms with Gasteiger partial charge in [-0.3, -0.25) is 4.79 Å². The quantitative estimate of drug-likeness (QED) is 0.585. The van der Waals surface area contributed by atoms with Gasteiger partial charge in [0.1, 0.15) is 11.4 Å². The Hall–Kier alpha value is -1.67. The molecule has 1 aliphatic carbocycles. The Bertz CT molecular complexity index is 907. The second kappa shape index (κ2) is 6.57. The lowest BCUT2D eigenvalue weighted by molar-refractivity contribution is -0.130. The molecule has 1 saturated carbocycles. The van der Waals surface area contributed by atoms with Crippen LogP contribution in [0.15, 0.2) is 35.6 Å². The Balaban J connectivity index is 1.48. The van der Waals surface area contributed by atoms with Crippen LogP contribution >= 0.6 is 11.8 Å². The molecule has 2 aromatic rings. The predicted molar refractivity (Wildman–Crippen MR) is 97.2 cm³/mol. The maximum absolute atomic E-state index is 12.8. The van der Waals surface area contributed by atoms with Gasteiger partial charge in [-0.2, -0.15) is 0 Å². The van der Waals surface area contributed by atoms with E-state index in [1.807, 2.05) is 29.2 Å². The van der Waals surface area contributed by atoms with Crippen molar-refractivity contribution in [1.29, 1.82) is 0 Å². The summed E-state index contributed by atoms with van der Waals surface area (Å²) in [6.45, 7) is 0. The first kappa shape index (κ1) is 16.8. The number of thioether (sulfide) groups is 1. The number of hydrogen-bond acceptors (Lipinski definition) is 6. The molecule has 25 heavy (non-hydrogen) atoms. The van der Waals surface area contributed by atoms with Crippen molar-refractivity contribution in [3.05, 3.63) is 30.6 Å². The second-order valence-electron chi connectivity index (χ2n) is 6.57. The molecule has 6 nitrogen and oxygen atoms in total. The smallest absolute Gasteiger partial charge is 0.233 e. The van der Waals surface area contributed by atoms with E-state index in [0.717, 1.165) is 28.8 Å². The van der Waals surface area contributed by atoms with Gasteiger partial charge >= 0.3 is 0 Å². The van der Waals surface area contributed by atoms with E-state index in [1.54, 1.807) is 0 Å². The van der Waals surface area contributed by atoms with E-state index >= 15 is 0 Å². The van der Waals surface area contributed by atoms with Crippen LogP contribution in [0.2, 0.25) is 0 Å². The lowest BCUT2D eigenvalue weighted by Gasteiger charge is -2.28. The molecule has 4 rings (SSSR count). The zero-order chi connectivity index (χ0) is 17.4. The largest absolute Gasteiger partial charge is 0.335 e. The third-order valence-corrected chi connectivity index (χ3v) is 7.41. The fourth-order valence-corrected chi connectivity index (χ4v) is 5.92. The molecular weight excluding hydrogens is 358 g/mol. The summed E-state index contributed by atoms with van der Waals surface area (Å²) in [4.78, 5) is 23.2. The predicted octanol–water partition coefficient (Wildman–Crippen LogP) is 1.90. The fourth-order valence-electron chi connectivity index (χ4n) is 3.35. The molecule has 1 amide bonds. The van der Waals surface area contributed by atoms with Gasteiger partial charge in [-0.05, 0) is 25.3 Å². The van der Waals surface area contributed by atoms with Gasteiger partial charge in [0.15, 0.2) is 9.84 Å². The molecule has 0 bridgehead atoms. The number of fused-ring (bicyclic) bond motifs is 1. The highest BCUT2D eigenvalue weighted by Crippen LogP contribution is 2.33. The summed E-state index contributed by atoms with van der Waals surface area (Å²) in [6, 6.07) is 7.77. The van der Waals surface area contributed by atoms with E-state index in [0.29, 0.717) is 6.42 Å². The Morgan fingerprint density at radius 1 is 1.16 bits per heavy atom. The van der Waals surface area contributed by atoms with Crippen molar-refractivity contribution in [3.63, 3.8) is 0 Å². The van der Waals surface area contributed by atoms with E-state index in [-0.39, 0.29) is 35.2 Å². The van der Waals surface area contributed by atoms with E-state index in [2.05, 4.69) is 9.97 Å². The zero-order valence-electron chi connectivity index (χ0n) is 13.7.